The Kier molecular flexibility index (Phi) is 3.98. The number of nitrogens with zero attached hydrogens (tertiary/aromatic N) is 1. The molecule has 0 aromatic heterocycles. The molecule has 3 heteroatoms. The summed E-state index contributed by atoms with van der Waals surface area (Å²) in [6, 6.07) is 24.6. The lowest BCUT2D eigenvalue weighted by molar-refractivity contribution is -0.122. The summed E-state index contributed by atoms with van der Waals surface area (Å²) in [6.07, 6.45) is 1.08. The van der Waals surface area contributed by atoms with Gasteiger partial charge in [-0.25, -0.2) is 4.90 Å². The van der Waals surface area contributed by atoms with Crippen molar-refractivity contribution in [2.24, 2.45) is 11.8 Å². The Hall–Kier alpha value is -3.20. The number of benzene rings is 3. The van der Waals surface area contributed by atoms with E-state index in [-0.39, 0.29) is 35.5 Å². The number of hydrogen-bond acceptors (Lipinski definition) is 2. The first kappa shape index (κ1) is 18.6. The summed E-state index contributed by atoms with van der Waals surface area (Å²) < 4.78 is 0. The van der Waals surface area contributed by atoms with Crippen LogP contribution >= 0.6 is 0 Å². The lowest BCUT2D eigenvalue weighted by Crippen LogP contribution is -2.41. The molecular weight excluding hydrogens is 382 g/mol. The third kappa shape index (κ3) is 2.40. The average Bonchev–Trinajstić information content (AvgIpc) is 3.09. The lowest BCUT2D eigenvalue weighted by Gasteiger charge is -2.46. The minimum atomic E-state index is -0.327. The third-order valence-electron chi connectivity index (χ3n) is 7.76. The van der Waals surface area contributed by atoms with Crippen LogP contribution in [0.4, 0.5) is 5.69 Å². The molecule has 3 aromatic rings. The van der Waals surface area contributed by atoms with Crippen molar-refractivity contribution in [2.45, 2.75) is 38.0 Å². The number of para-hydroxylation sites is 1. The number of amides is 2. The molecular formula is C28H25NO2. The van der Waals surface area contributed by atoms with Crippen molar-refractivity contribution in [1.82, 2.24) is 0 Å². The van der Waals surface area contributed by atoms with Crippen LogP contribution in [0, 0.1) is 11.8 Å². The highest BCUT2D eigenvalue weighted by Gasteiger charge is 2.61. The molecule has 2 bridgehead atoms. The van der Waals surface area contributed by atoms with Crippen LogP contribution in [-0.4, -0.2) is 11.8 Å². The van der Waals surface area contributed by atoms with Crippen molar-refractivity contribution < 1.29 is 9.59 Å². The molecule has 0 saturated carbocycles. The summed E-state index contributed by atoms with van der Waals surface area (Å²) in [5, 5.41) is 0. The quantitative estimate of drug-likeness (QED) is 0.530. The van der Waals surface area contributed by atoms with Crippen LogP contribution in [-0.2, 0) is 9.59 Å². The lowest BCUT2D eigenvalue weighted by atomic mass is 9.54. The van der Waals surface area contributed by atoms with Crippen LogP contribution < -0.4 is 4.90 Å². The monoisotopic (exact) mass is 407 g/mol. The molecule has 7 rings (SSSR count). The van der Waals surface area contributed by atoms with Gasteiger partial charge in [-0.15, -0.1) is 0 Å². The van der Waals surface area contributed by atoms with Crippen molar-refractivity contribution in [3.05, 3.63) is 101 Å². The molecule has 0 spiro atoms. The predicted octanol–water partition coefficient (Wildman–Crippen LogP) is 5.60. The highest BCUT2D eigenvalue weighted by Crippen LogP contribution is 2.61. The molecule has 1 heterocycles. The van der Waals surface area contributed by atoms with E-state index in [0.717, 1.165) is 6.42 Å². The Bertz CT molecular complexity index is 1210. The first-order valence-corrected chi connectivity index (χ1v) is 11.3. The molecule has 1 fully saturated rings. The maximum atomic E-state index is 13.7. The van der Waals surface area contributed by atoms with Gasteiger partial charge >= 0.3 is 0 Å². The van der Waals surface area contributed by atoms with E-state index in [0.29, 0.717) is 11.6 Å². The Morgan fingerprint density at radius 2 is 1.29 bits per heavy atom. The summed E-state index contributed by atoms with van der Waals surface area (Å²) in [7, 11) is 0. The topological polar surface area (TPSA) is 37.4 Å². The number of carbonyl (C=O) groups is 2. The van der Waals surface area contributed by atoms with E-state index in [1.807, 2.05) is 30.3 Å². The minimum absolute atomic E-state index is 0.0507. The van der Waals surface area contributed by atoms with Gasteiger partial charge in [0.05, 0.1) is 17.5 Å². The van der Waals surface area contributed by atoms with Gasteiger partial charge in [-0.05, 0) is 52.3 Å². The summed E-state index contributed by atoms with van der Waals surface area (Å²) in [6.45, 7) is 4.46. The molecule has 3 nitrogen and oxygen atoms in total. The molecule has 0 radical (unpaired) electrons. The largest absolute Gasteiger partial charge is 0.274 e. The Labute approximate surface area is 182 Å². The fourth-order valence-electron chi connectivity index (χ4n) is 6.12. The van der Waals surface area contributed by atoms with Crippen molar-refractivity contribution >= 4 is 17.5 Å². The zero-order chi connectivity index (χ0) is 21.3. The van der Waals surface area contributed by atoms with Crippen LogP contribution in [0.15, 0.2) is 72.8 Å². The first-order valence-electron chi connectivity index (χ1n) is 11.3. The van der Waals surface area contributed by atoms with Gasteiger partial charge in [-0.2, -0.15) is 0 Å². The maximum Gasteiger partial charge on any atom is 0.238 e. The Balaban J connectivity index is 1.56. The summed E-state index contributed by atoms with van der Waals surface area (Å²) in [4.78, 5) is 28.9. The van der Waals surface area contributed by atoms with Crippen molar-refractivity contribution in [2.75, 3.05) is 4.90 Å². The third-order valence-corrected chi connectivity index (χ3v) is 7.76. The van der Waals surface area contributed by atoms with E-state index in [9.17, 15) is 9.59 Å². The van der Waals surface area contributed by atoms with E-state index in [1.165, 1.54) is 32.7 Å². The van der Waals surface area contributed by atoms with Crippen LogP contribution in [0.1, 0.15) is 65.8 Å². The second-order valence-electron chi connectivity index (χ2n) is 9.18. The van der Waals surface area contributed by atoms with Gasteiger partial charge in [-0.1, -0.05) is 74.5 Å². The average molecular weight is 408 g/mol. The molecule has 3 aromatic carbocycles. The van der Waals surface area contributed by atoms with Crippen molar-refractivity contribution in [3.63, 3.8) is 0 Å². The summed E-state index contributed by atoms with van der Waals surface area (Å²) in [5.41, 5.74) is 6.92. The van der Waals surface area contributed by atoms with Crippen molar-refractivity contribution in [3.8, 4) is 0 Å². The van der Waals surface area contributed by atoms with Crippen LogP contribution in [0.2, 0.25) is 0 Å². The second kappa shape index (κ2) is 6.65. The number of imide groups is 1. The predicted molar refractivity (Wildman–Crippen MR) is 121 cm³/mol. The highest BCUT2D eigenvalue weighted by atomic mass is 16.2. The van der Waals surface area contributed by atoms with Crippen molar-refractivity contribution in [1.29, 1.82) is 0 Å². The molecule has 2 amide bonds. The zero-order valence-corrected chi connectivity index (χ0v) is 17.8. The van der Waals surface area contributed by atoms with Gasteiger partial charge in [0.1, 0.15) is 0 Å². The van der Waals surface area contributed by atoms with Crippen LogP contribution in [0.25, 0.3) is 0 Å². The van der Waals surface area contributed by atoms with Crippen LogP contribution in [0.5, 0.6) is 0 Å². The van der Waals surface area contributed by atoms with E-state index in [2.05, 4.69) is 56.3 Å². The number of anilines is 1. The summed E-state index contributed by atoms with van der Waals surface area (Å²) >= 11 is 0. The van der Waals surface area contributed by atoms with E-state index >= 15 is 0 Å². The van der Waals surface area contributed by atoms with E-state index < -0.39 is 0 Å². The van der Waals surface area contributed by atoms with E-state index in [1.54, 1.807) is 0 Å². The Morgan fingerprint density at radius 3 is 1.90 bits per heavy atom. The van der Waals surface area contributed by atoms with Gasteiger partial charge in [0.15, 0.2) is 0 Å². The molecule has 1 saturated heterocycles. The molecule has 3 aliphatic carbocycles. The highest BCUT2D eigenvalue weighted by molar-refractivity contribution is 6.23. The van der Waals surface area contributed by atoms with Gasteiger partial charge in [-0.3, -0.25) is 9.59 Å². The van der Waals surface area contributed by atoms with Gasteiger partial charge in [0.2, 0.25) is 11.8 Å². The summed E-state index contributed by atoms with van der Waals surface area (Å²) in [5.74, 6) is -0.402. The molecule has 1 aliphatic heterocycles. The molecule has 0 N–H and O–H groups in total. The fourth-order valence-corrected chi connectivity index (χ4v) is 6.12. The molecule has 31 heavy (non-hydrogen) atoms. The van der Waals surface area contributed by atoms with Crippen LogP contribution in [0.3, 0.4) is 0 Å². The smallest absolute Gasteiger partial charge is 0.238 e. The number of hydrogen-bond donors (Lipinski definition) is 0. The molecule has 5 atom stereocenters. The fraction of sp³-hybridized carbons (Fsp3) is 0.286. The van der Waals surface area contributed by atoms with Gasteiger partial charge in [0.25, 0.3) is 0 Å². The van der Waals surface area contributed by atoms with Gasteiger partial charge in [0, 0.05) is 11.8 Å². The maximum absolute atomic E-state index is 13.7. The molecule has 154 valence electrons. The SMILES string of the molecule is CC[C@@H](C)c1ccc2c(c1)[C@@H]1c3ccccc3[C@@H]2[C@@H]2C(=O)N(c3ccccc3)C(=O)[C@H]12. The van der Waals surface area contributed by atoms with Gasteiger partial charge < -0.3 is 0 Å². The zero-order valence-electron chi connectivity index (χ0n) is 17.8. The molecule has 0 unspecified atom stereocenters. The first-order chi connectivity index (χ1) is 15.1. The normalized spacial score (nSPS) is 26.5. The second-order valence-corrected chi connectivity index (χ2v) is 9.18. The van der Waals surface area contributed by atoms with E-state index in [4.69, 9.17) is 0 Å². The standard InChI is InChI=1S/C28H25NO2/c1-3-16(2)17-13-14-21-22(15-17)24-20-12-8-7-11-19(20)23(21)25-26(24)28(31)29(27(25)30)18-9-5-4-6-10-18/h4-16,23-26H,3H2,1-2H3/t16-,23+,24+,25+,26-/m1/s1. The molecule has 4 aliphatic rings. The number of rotatable bonds is 3. The minimum Gasteiger partial charge on any atom is -0.274 e. The number of carbonyl (C=O) groups excluding carboxylic acids is 2. The Morgan fingerprint density at radius 1 is 0.742 bits per heavy atom.